The standard InChI is InChI=1S/C19H19BrN4O5S/c1-12-8-10-24(11-9-12)30(26,27)14-4-2-13(3-5-14)17(25)21-19-23-22-18(29-19)15-6-7-16(20)28-15/h2-7,12H,8-11H2,1H3,(H,21,23,25). The quantitative estimate of drug-likeness (QED) is 0.573. The molecule has 0 atom stereocenters. The van der Waals surface area contributed by atoms with Gasteiger partial charge in [-0.25, -0.2) is 8.42 Å². The first-order chi connectivity index (χ1) is 14.3. The summed E-state index contributed by atoms with van der Waals surface area (Å²) in [5.41, 5.74) is 0.265. The molecule has 1 fully saturated rings. The summed E-state index contributed by atoms with van der Waals surface area (Å²) in [6.07, 6.45) is 1.70. The number of anilines is 1. The van der Waals surface area contributed by atoms with Crippen LogP contribution in [0.4, 0.5) is 6.01 Å². The zero-order chi connectivity index (χ0) is 21.3. The zero-order valence-corrected chi connectivity index (χ0v) is 18.4. The lowest BCUT2D eigenvalue weighted by molar-refractivity contribution is 0.102. The third-order valence-electron chi connectivity index (χ3n) is 4.93. The van der Waals surface area contributed by atoms with Gasteiger partial charge in [0.25, 0.3) is 11.8 Å². The Balaban J connectivity index is 1.44. The number of benzene rings is 1. The van der Waals surface area contributed by atoms with E-state index in [0.717, 1.165) is 12.8 Å². The molecule has 0 bridgehead atoms. The van der Waals surface area contributed by atoms with Gasteiger partial charge < -0.3 is 8.83 Å². The molecule has 0 aliphatic carbocycles. The Labute approximate surface area is 181 Å². The van der Waals surface area contributed by atoms with Gasteiger partial charge in [0.2, 0.25) is 10.0 Å². The molecule has 1 aromatic carbocycles. The monoisotopic (exact) mass is 494 g/mol. The van der Waals surface area contributed by atoms with E-state index in [2.05, 4.69) is 38.4 Å². The second-order valence-corrected chi connectivity index (χ2v) is 9.80. The molecule has 1 aliphatic heterocycles. The van der Waals surface area contributed by atoms with Crippen LogP contribution in [0, 0.1) is 5.92 Å². The molecule has 3 aromatic rings. The molecule has 1 amide bonds. The van der Waals surface area contributed by atoms with Crippen molar-refractivity contribution in [2.75, 3.05) is 18.4 Å². The third-order valence-corrected chi connectivity index (χ3v) is 7.27. The van der Waals surface area contributed by atoms with Gasteiger partial charge in [0.15, 0.2) is 10.4 Å². The normalized spacial score (nSPS) is 15.9. The Morgan fingerprint density at radius 1 is 1.10 bits per heavy atom. The maximum Gasteiger partial charge on any atom is 0.322 e. The number of sulfonamides is 1. The molecule has 0 unspecified atom stereocenters. The van der Waals surface area contributed by atoms with Crippen molar-refractivity contribution in [1.29, 1.82) is 0 Å². The van der Waals surface area contributed by atoms with Gasteiger partial charge in [-0.3, -0.25) is 10.1 Å². The van der Waals surface area contributed by atoms with Crippen molar-refractivity contribution in [3.63, 3.8) is 0 Å². The summed E-state index contributed by atoms with van der Waals surface area (Å²) in [4.78, 5) is 12.6. The maximum atomic E-state index is 12.8. The van der Waals surface area contributed by atoms with Gasteiger partial charge in [0, 0.05) is 18.7 Å². The first kappa shape index (κ1) is 20.8. The number of aromatic nitrogens is 2. The minimum atomic E-state index is -3.57. The highest BCUT2D eigenvalue weighted by molar-refractivity contribution is 9.10. The molecule has 0 saturated carbocycles. The highest BCUT2D eigenvalue weighted by Crippen LogP contribution is 2.26. The van der Waals surface area contributed by atoms with E-state index in [1.165, 1.54) is 28.6 Å². The summed E-state index contributed by atoms with van der Waals surface area (Å²) in [6.45, 7) is 3.15. The van der Waals surface area contributed by atoms with Gasteiger partial charge in [0.1, 0.15) is 0 Å². The third kappa shape index (κ3) is 4.32. The summed E-state index contributed by atoms with van der Waals surface area (Å²) in [6, 6.07) is 9.00. The van der Waals surface area contributed by atoms with Crippen molar-refractivity contribution < 1.29 is 22.0 Å². The van der Waals surface area contributed by atoms with Crippen molar-refractivity contribution in [1.82, 2.24) is 14.5 Å². The number of piperidine rings is 1. The second-order valence-electron chi connectivity index (χ2n) is 7.08. The second kappa shape index (κ2) is 8.32. The number of hydrogen-bond acceptors (Lipinski definition) is 7. The van der Waals surface area contributed by atoms with Gasteiger partial charge in [-0.1, -0.05) is 12.0 Å². The summed E-state index contributed by atoms with van der Waals surface area (Å²) < 4.78 is 38.3. The van der Waals surface area contributed by atoms with Crippen LogP contribution in [-0.4, -0.2) is 41.9 Å². The summed E-state index contributed by atoms with van der Waals surface area (Å²) >= 11 is 3.18. The minimum Gasteiger partial charge on any atom is -0.444 e. The van der Waals surface area contributed by atoms with Crippen molar-refractivity contribution >= 4 is 37.9 Å². The van der Waals surface area contributed by atoms with Crippen LogP contribution in [0.15, 0.2) is 54.8 Å². The van der Waals surface area contributed by atoms with Gasteiger partial charge in [-0.05, 0) is 71.1 Å². The fourth-order valence-electron chi connectivity index (χ4n) is 3.12. The molecular weight excluding hydrogens is 476 g/mol. The SMILES string of the molecule is CC1CCN(S(=O)(=O)c2ccc(C(=O)Nc3nnc(-c4ccc(Br)o4)o3)cc2)CC1. The largest absolute Gasteiger partial charge is 0.444 e. The van der Waals surface area contributed by atoms with Gasteiger partial charge in [-0.15, -0.1) is 5.10 Å². The molecule has 1 aliphatic rings. The maximum absolute atomic E-state index is 12.8. The number of amides is 1. The van der Waals surface area contributed by atoms with Gasteiger partial charge in [-0.2, -0.15) is 4.31 Å². The van der Waals surface area contributed by atoms with Crippen molar-refractivity contribution in [3.8, 4) is 11.7 Å². The number of nitrogens with one attached hydrogen (secondary N) is 1. The molecule has 0 spiro atoms. The summed E-state index contributed by atoms with van der Waals surface area (Å²) in [5, 5.41) is 10.1. The zero-order valence-electron chi connectivity index (χ0n) is 16.0. The molecule has 3 heterocycles. The van der Waals surface area contributed by atoms with E-state index in [0.29, 0.717) is 29.4 Å². The molecule has 1 N–H and O–H groups in total. The molecule has 1 saturated heterocycles. The molecule has 9 nitrogen and oxygen atoms in total. The average molecular weight is 495 g/mol. The topological polar surface area (TPSA) is 119 Å². The number of furan rings is 1. The molecule has 11 heteroatoms. The number of carbonyl (C=O) groups is 1. The van der Waals surface area contributed by atoms with E-state index >= 15 is 0 Å². The Morgan fingerprint density at radius 3 is 2.43 bits per heavy atom. The number of carbonyl (C=O) groups excluding carboxylic acids is 1. The van der Waals surface area contributed by atoms with Crippen molar-refractivity contribution in [2.24, 2.45) is 5.92 Å². The van der Waals surface area contributed by atoms with Crippen LogP contribution in [0.3, 0.4) is 0 Å². The van der Waals surface area contributed by atoms with E-state index in [-0.39, 0.29) is 22.4 Å². The van der Waals surface area contributed by atoms with Gasteiger partial charge in [0.05, 0.1) is 4.90 Å². The lowest BCUT2D eigenvalue weighted by Crippen LogP contribution is -2.37. The van der Waals surface area contributed by atoms with E-state index in [1.807, 2.05) is 0 Å². The highest BCUT2D eigenvalue weighted by Gasteiger charge is 2.28. The predicted octanol–water partition coefficient (Wildman–Crippen LogP) is 3.77. The average Bonchev–Trinajstić information content (AvgIpc) is 3.37. The molecule has 0 radical (unpaired) electrons. The predicted molar refractivity (Wildman–Crippen MR) is 111 cm³/mol. The molecule has 30 heavy (non-hydrogen) atoms. The van der Waals surface area contributed by atoms with E-state index in [9.17, 15) is 13.2 Å². The van der Waals surface area contributed by atoms with Crippen LogP contribution in [-0.2, 0) is 10.0 Å². The van der Waals surface area contributed by atoms with Gasteiger partial charge >= 0.3 is 6.01 Å². The van der Waals surface area contributed by atoms with E-state index in [4.69, 9.17) is 8.83 Å². The number of rotatable bonds is 5. The smallest absolute Gasteiger partial charge is 0.322 e. The Kier molecular flexibility index (Phi) is 5.76. The summed E-state index contributed by atoms with van der Waals surface area (Å²) in [7, 11) is -3.57. The first-order valence-corrected chi connectivity index (χ1v) is 11.6. The van der Waals surface area contributed by atoms with Crippen LogP contribution in [0.2, 0.25) is 0 Å². The molecular formula is C19H19BrN4O5S. The Hall–Kier alpha value is -2.50. The highest BCUT2D eigenvalue weighted by atomic mass is 79.9. The number of hydrogen-bond donors (Lipinski definition) is 1. The van der Waals surface area contributed by atoms with Crippen LogP contribution in [0.1, 0.15) is 30.1 Å². The minimum absolute atomic E-state index is 0.0957. The van der Waals surface area contributed by atoms with Crippen molar-refractivity contribution in [2.45, 2.75) is 24.7 Å². The summed E-state index contributed by atoms with van der Waals surface area (Å²) in [5.74, 6) is 0.508. The van der Waals surface area contributed by atoms with Crippen molar-refractivity contribution in [3.05, 3.63) is 46.6 Å². The fourth-order valence-corrected chi connectivity index (χ4v) is 4.90. The van der Waals surface area contributed by atoms with Crippen LogP contribution in [0.25, 0.3) is 11.7 Å². The van der Waals surface area contributed by atoms with E-state index < -0.39 is 15.9 Å². The first-order valence-electron chi connectivity index (χ1n) is 9.34. The number of nitrogens with zero attached hydrogens (tertiary/aromatic N) is 3. The van der Waals surface area contributed by atoms with Crippen LogP contribution >= 0.6 is 15.9 Å². The molecule has 2 aromatic heterocycles. The number of halogens is 1. The molecule has 4 rings (SSSR count). The lowest BCUT2D eigenvalue weighted by Gasteiger charge is -2.29. The fraction of sp³-hybridized carbons (Fsp3) is 0.316. The Bertz CT molecular complexity index is 1150. The van der Waals surface area contributed by atoms with Crippen LogP contribution < -0.4 is 5.32 Å². The van der Waals surface area contributed by atoms with E-state index in [1.54, 1.807) is 12.1 Å². The Morgan fingerprint density at radius 2 is 1.80 bits per heavy atom. The molecule has 158 valence electrons. The lowest BCUT2D eigenvalue weighted by atomic mass is 10.0. The van der Waals surface area contributed by atoms with Crippen LogP contribution in [0.5, 0.6) is 0 Å².